The molecule has 0 N–H and O–H groups in total. The Bertz CT molecular complexity index is 1550. The average molecular weight is 386 g/mol. The third-order valence-corrected chi connectivity index (χ3v) is 5.70. The normalized spacial score (nSPS) is 9.93. The van der Waals surface area contributed by atoms with Crippen LogP contribution in [0.2, 0.25) is 0 Å². The van der Waals surface area contributed by atoms with E-state index in [0.29, 0.717) is 32.0 Å². The van der Waals surface area contributed by atoms with Gasteiger partial charge >= 0.3 is 0 Å². The lowest BCUT2D eigenvalue weighted by atomic mass is 9.92. The molecule has 0 radical (unpaired) electrons. The predicted molar refractivity (Wildman–Crippen MR) is 113 cm³/mol. The molecule has 4 nitrogen and oxygen atoms in total. The molecule has 4 aromatic rings. The van der Waals surface area contributed by atoms with Gasteiger partial charge in [0.25, 0.3) is 0 Å². The van der Waals surface area contributed by atoms with Crippen LogP contribution in [0, 0.1) is 45.3 Å². The minimum atomic E-state index is -0.00320. The molecule has 0 aliphatic carbocycles. The van der Waals surface area contributed by atoms with Gasteiger partial charge in [0.1, 0.15) is 35.4 Å². The van der Waals surface area contributed by atoms with E-state index in [-0.39, 0.29) is 11.1 Å². The van der Waals surface area contributed by atoms with Crippen molar-refractivity contribution in [3.8, 4) is 34.7 Å². The summed E-state index contributed by atoms with van der Waals surface area (Å²) in [5.41, 5.74) is 0.939. The van der Waals surface area contributed by atoms with E-state index >= 15 is 0 Å². The lowest BCUT2D eigenvalue weighted by Crippen LogP contribution is -2.18. The summed E-state index contributed by atoms with van der Waals surface area (Å²) in [5.74, 6) is 0. The first-order valence-electron chi connectivity index (χ1n) is 8.60. The number of hydrogen-bond acceptors (Lipinski definition) is 5. The van der Waals surface area contributed by atoms with Crippen molar-refractivity contribution in [2.75, 3.05) is 0 Å². The van der Waals surface area contributed by atoms with Crippen molar-refractivity contribution in [1.82, 2.24) is 0 Å². The molecule has 0 saturated carbocycles. The number of thiophene rings is 1. The van der Waals surface area contributed by atoms with Crippen molar-refractivity contribution in [2.45, 2.75) is 0 Å². The molecule has 0 fully saturated rings. The maximum absolute atomic E-state index is 9.61. The molecule has 0 amide bonds. The molecule has 1 aromatic heterocycles. The fourth-order valence-corrected chi connectivity index (χ4v) is 4.31. The van der Waals surface area contributed by atoms with Crippen molar-refractivity contribution in [2.24, 2.45) is 0 Å². The summed E-state index contributed by atoms with van der Waals surface area (Å²) in [7, 11) is 0. The van der Waals surface area contributed by atoms with E-state index in [9.17, 15) is 21.0 Å². The topological polar surface area (TPSA) is 95.2 Å². The van der Waals surface area contributed by atoms with Crippen molar-refractivity contribution < 1.29 is 0 Å². The van der Waals surface area contributed by atoms with E-state index in [4.69, 9.17) is 0 Å². The van der Waals surface area contributed by atoms with Crippen LogP contribution in [0.3, 0.4) is 0 Å². The zero-order chi connectivity index (χ0) is 20.4. The second-order valence-electron chi connectivity index (χ2n) is 6.23. The summed E-state index contributed by atoms with van der Waals surface area (Å²) in [6, 6.07) is 24.9. The first-order valence-corrected chi connectivity index (χ1v) is 9.48. The monoisotopic (exact) mass is 386 g/mol. The largest absolute Gasteiger partial charge is 0.192 e. The summed E-state index contributed by atoms with van der Waals surface area (Å²) in [6.07, 6.45) is 0. The van der Waals surface area contributed by atoms with Crippen LogP contribution in [0.5, 0.6) is 0 Å². The third-order valence-electron chi connectivity index (χ3n) is 4.78. The Morgan fingerprint density at radius 1 is 0.621 bits per heavy atom. The van der Waals surface area contributed by atoms with Crippen LogP contribution in [0.4, 0.5) is 0 Å². The molecule has 1 heterocycles. The highest BCUT2D eigenvalue weighted by atomic mass is 32.1. The fraction of sp³-hybridized carbons (Fsp3) is 0. The van der Waals surface area contributed by atoms with Gasteiger partial charge in [-0.15, -0.1) is 11.3 Å². The standard InChI is InChI=1S/C24H10N4S/c25-11-16(12-26)23-18-4-1-2-5-19(18)24(17(13-27)14-28)21-10-15(7-8-20(21)23)22-6-3-9-29-22/h1-10H. The highest BCUT2D eigenvalue weighted by Gasteiger charge is 2.13. The number of nitriles is 4. The molecule has 0 aliphatic heterocycles. The Labute approximate surface area is 170 Å². The van der Waals surface area contributed by atoms with Gasteiger partial charge < -0.3 is 0 Å². The number of fused-ring (bicyclic) bond motifs is 2. The van der Waals surface area contributed by atoms with Gasteiger partial charge in [-0.2, -0.15) is 21.0 Å². The zero-order valence-electron chi connectivity index (χ0n) is 15.0. The van der Waals surface area contributed by atoms with Gasteiger partial charge in [0.2, 0.25) is 0 Å². The van der Waals surface area contributed by atoms with E-state index < -0.39 is 0 Å². The van der Waals surface area contributed by atoms with Gasteiger partial charge in [-0.25, -0.2) is 0 Å². The lowest BCUT2D eigenvalue weighted by molar-refractivity contribution is 1.50. The van der Waals surface area contributed by atoms with Gasteiger partial charge in [0.05, 0.1) is 0 Å². The molecule has 3 aromatic carbocycles. The number of nitrogens with zero attached hydrogens (tertiary/aromatic N) is 4. The maximum Gasteiger partial charge on any atom is 0.138 e. The molecule has 4 rings (SSSR count). The molecular weight excluding hydrogens is 376 g/mol. The predicted octanol–water partition coefficient (Wildman–Crippen LogP) is 4.12. The van der Waals surface area contributed by atoms with E-state index in [0.717, 1.165) is 10.4 Å². The van der Waals surface area contributed by atoms with Crippen molar-refractivity contribution in [3.63, 3.8) is 0 Å². The van der Waals surface area contributed by atoms with Gasteiger partial charge in [0, 0.05) is 15.3 Å². The second kappa shape index (κ2) is 7.30. The van der Waals surface area contributed by atoms with Crippen LogP contribution in [0.15, 0.2) is 60.0 Å². The molecule has 0 saturated heterocycles. The quantitative estimate of drug-likeness (QED) is 0.460. The molecule has 29 heavy (non-hydrogen) atoms. The summed E-state index contributed by atoms with van der Waals surface area (Å²) in [4.78, 5) is 1.05. The maximum atomic E-state index is 9.61. The van der Waals surface area contributed by atoms with Crippen LogP contribution < -0.4 is 10.4 Å². The van der Waals surface area contributed by atoms with Crippen LogP contribution >= 0.6 is 11.3 Å². The summed E-state index contributed by atoms with van der Waals surface area (Å²) in [6.45, 7) is 0. The number of hydrogen-bond donors (Lipinski definition) is 0. The fourth-order valence-electron chi connectivity index (χ4n) is 3.59. The van der Waals surface area contributed by atoms with Crippen LogP contribution in [-0.4, -0.2) is 0 Å². The van der Waals surface area contributed by atoms with E-state index in [1.807, 2.05) is 84.3 Å². The van der Waals surface area contributed by atoms with E-state index in [1.54, 1.807) is 11.3 Å². The van der Waals surface area contributed by atoms with Gasteiger partial charge in [-0.1, -0.05) is 42.5 Å². The highest BCUT2D eigenvalue weighted by Crippen LogP contribution is 2.27. The zero-order valence-corrected chi connectivity index (χ0v) is 15.8. The Hall–Kier alpha value is -4.42. The second-order valence-corrected chi connectivity index (χ2v) is 7.18. The molecule has 0 unspecified atom stereocenters. The minimum absolute atomic E-state index is 0.00270. The van der Waals surface area contributed by atoms with Gasteiger partial charge in [-0.3, -0.25) is 0 Å². The molecule has 5 heteroatoms. The van der Waals surface area contributed by atoms with Crippen molar-refractivity contribution >= 4 is 44.0 Å². The average Bonchev–Trinajstić information content (AvgIpc) is 3.31. The van der Waals surface area contributed by atoms with E-state index in [1.165, 1.54) is 0 Å². The Balaban J connectivity index is 2.43. The summed E-state index contributed by atoms with van der Waals surface area (Å²) < 4.78 is 0. The first kappa shape index (κ1) is 18.0. The summed E-state index contributed by atoms with van der Waals surface area (Å²) >= 11 is 1.59. The Kier molecular flexibility index (Phi) is 4.52. The summed E-state index contributed by atoms with van der Waals surface area (Å²) in [5, 5.41) is 44.0. The SMILES string of the molecule is N#CC(C#N)=c1c2ccccc2c(=C(C#N)C#N)c2cc(-c3cccs3)ccc12. The van der Waals surface area contributed by atoms with Gasteiger partial charge in [0.15, 0.2) is 0 Å². The van der Waals surface area contributed by atoms with Gasteiger partial charge in [-0.05, 0) is 44.6 Å². The highest BCUT2D eigenvalue weighted by molar-refractivity contribution is 7.13. The van der Waals surface area contributed by atoms with Crippen molar-refractivity contribution in [1.29, 1.82) is 21.0 Å². The van der Waals surface area contributed by atoms with Crippen LogP contribution in [0.1, 0.15) is 0 Å². The van der Waals surface area contributed by atoms with Crippen molar-refractivity contribution in [3.05, 3.63) is 70.4 Å². The van der Waals surface area contributed by atoms with E-state index in [2.05, 4.69) is 0 Å². The smallest absolute Gasteiger partial charge is 0.138 e. The minimum Gasteiger partial charge on any atom is -0.192 e. The molecule has 0 bridgehead atoms. The third kappa shape index (κ3) is 2.80. The molecule has 0 spiro atoms. The van der Waals surface area contributed by atoms with Crippen LogP contribution in [0.25, 0.3) is 43.1 Å². The molecule has 0 aliphatic rings. The molecular formula is C24H10N4S. The number of rotatable bonds is 1. The lowest BCUT2D eigenvalue weighted by Gasteiger charge is -2.09. The molecule has 0 atom stereocenters. The molecule has 132 valence electrons. The number of benzene rings is 3. The van der Waals surface area contributed by atoms with Crippen LogP contribution in [-0.2, 0) is 0 Å². The Morgan fingerprint density at radius 2 is 1.17 bits per heavy atom. The Morgan fingerprint density at radius 3 is 1.69 bits per heavy atom. The first-order chi connectivity index (χ1) is 14.2.